The minimum atomic E-state index is -0.879. The number of carboxylic acids is 1. The Kier molecular flexibility index (Phi) is 3.93. The fraction of sp³-hybridized carbons (Fsp3) is 0.818. The van der Waals surface area contributed by atoms with Crippen LogP contribution in [0.1, 0.15) is 19.8 Å². The summed E-state index contributed by atoms with van der Waals surface area (Å²) in [6.07, 6.45) is 1.78. The molecule has 0 bridgehead atoms. The van der Waals surface area contributed by atoms with Crippen molar-refractivity contribution >= 4 is 23.6 Å². The van der Waals surface area contributed by atoms with E-state index >= 15 is 0 Å². The molecule has 2 N–H and O–H groups in total. The summed E-state index contributed by atoms with van der Waals surface area (Å²) < 4.78 is 0. The SMILES string of the molecule is CC1CCCN(C(=O)C2CSCN2)C1C(=O)O. The minimum absolute atomic E-state index is 0.0410. The Balaban J connectivity index is 2.10. The third-order valence-corrected chi connectivity index (χ3v) is 4.42. The number of carbonyl (C=O) groups is 2. The van der Waals surface area contributed by atoms with Crippen LogP contribution in [0.15, 0.2) is 0 Å². The number of hydrogen-bond acceptors (Lipinski definition) is 4. The van der Waals surface area contributed by atoms with Gasteiger partial charge in [0, 0.05) is 18.2 Å². The van der Waals surface area contributed by atoms with Crippen molar-refractivity contribution in [2.45, 2.75) is 31.8 Å². The van der Waals surface area contributed by atoms with Crippen molar-refractivity contribution in [1.29, 1.82) is 0 Å². The number of piperidine rings is 1. The third-order valence-electron chi connectivity index (χ3n) is 3.48. The van der Waals surface area contributed by atoms with E-state index in [9.17, 15) is 14.7 Å². The molecule has 0 saturated carbocycles. The molecular formula is C11H18N2O3S. The molecule has 0 aromatic heterocycles. The maximum atomic E-state index is 12.2. The number of carbonyl (C=O) groups excluding carboxylic acids is 1. The van der Waals surface area contributed by atoms with Crippen LogP contribution in [-0.4, -0.2) is 52.1 Å². The number of carboxylic acid groups (broad SMARTS) is 1. The van der Waals surface area contributed by atoms with Crippen molar-refractivity contribution < 1.29 is 14.7 Å². The number of amides is 1. The quantitative estimate of drug-likeness (QED) is 0.748. The summed E-state index contributed by atoms with van der Waals surface area (Å²) in [6, 6.07) is -0.851. The largest absolute Gasteiger partial charge is 0.480 e. The molecule has 3 unspecified atom stereocenters. The van der Waals surface area contributed by atoms with E-state index in [1.165, 1.54) is 0 Å². The first-order chi connectivity index (χ1) is 8.11. The maximum Gasteiger partial charge on any atom is 0.326 e. The van der Waals surface area contributed by atoms with Gasteiger partial charge in [0.2, 0.25) is 5.91 Å². The van der Waals surface area contributed by atoms with Crippen molar-refractivity contribution in [3.8, 4) is 0 Å². The molecular weight excluding hydrogens is 240 g/mol. The van der Waals surface area contributed by atoms with Gasteiger partial charge >= 0.3 is 5.97 Å². The minimum Gasteiger partial charge on any atom is -0.480 e. The second-order valence-electron chi connectivity index (χ2n) is 4.71. The van der Waals surface area contributed by atoms with Crippen molar-refractivity contribution in [3.63, 3.8) is 0 Å². The van der Waals surface area contributed by atoms with Crippen molar-refractivity contribution in [1.82, 2.24) is 10.2 Å². The monoisotopic (exact) mass is 258 g/mol. The van der Waals surface area contributed by atoms with E-state index in [1.807, 2.05) is 6.92 Å². The highest BCUT2D eigenvalue weighted by molar-refractivity contribution is 7.99. The number of likely N-dealkylation sites (tertiary alicyclic amines) is 1. The Morgan fingerprint density at radius 3 is 2.82 bits per heavy atom. The van der Waals surface area contributed by atoms with Crippen molar-refractivity contribution in [2.75, 3.05) is 18.2 Å². The lowest BCUT2D eigenvalue weighted by molar-refractivity contribution is -0.155. The molecule has 0 aromatic rings. The average molecular weight is 258 g/mol. The normalized spacial score (nSPS) is 33.7. The van der Waals surface area contributed by atoms with Gasteiger partial charge in [0.05, 0.1) is 6.04 Å². The van der Waals surface area contributed by atoms with Gasteiger partial charge in [-0.25, -0.2) is 4.79 Å². The molecule has 96 valence electrons. The molecule has 2 aliphatic rings. The number of hydrogen-bond donors (Lipinski definition) is 2. The van der Waals surface area contributed by atoms with Crippen LogP contribution in [0.2, 0.25) is 0 Å². The Morgan fingerprint density at radius 2 is 2.24 bits per heavy atom. The Bertz CT molecular complexity index is 318. The smallest absolute Gasteiger partial charge is 0.326 e. The van der Waals surface area contributed by atoms with E-state index in [0.717, 1.165) is 24.5 Å². The van der Waals surface area contributed by atoms with E-state index in [0.29, 0.717) is 6.54 Å². The summed E-state index contributed by atoms with van der Waals surface area (Å²) >= 11 is 1.68. The Hall–Kier alpha value is -0.750. The topological polar surface area (TPSA) is 69.6 Å². The van der Waals surface area contributed by atoms with E-state index in [4.69, 9.17) is 0 Å². The first-order valence-electron chi connectivity index (χ1n) is 5.95. The molecule has 0 spiro atoms. The van der Waals surface area contributed by atoms with Crippen molar-refractivity contribution in [2.24, 2.45) is 5.92 Å². The molecule has 17 heavy (non-hydrogen) atoms. The van der Waals surface area contributed by atoms with E-state index in [2.05, 4.69) is 5.32 Å². The third kappa shape index (κ3) is 2.57. The first-order valence-corrected chi connectivity index (χ1v) is 7.11. The molecule has 2 aliphatic heterocycles. The van der Waals surface area contributed by atoms with Gasteiger partial charge < -0.3 is 10.0 Å². The van der Waals surface area contributed by atoms with Gasteiger partial charge in [0.15, 0.2) is 0 Å². The molecule has 0 radical (unpaired) electrons. The summed E-state index contributed by atoms with van der Waals surface area (Å²) in [6.45, 7) is 2.48. The summed E-state index contributed by atoms with van der Waals surface area (Å²) in [5.41, 5.74) is 0. The molecule has 6 heteroatoms. The van der Waals surface area contributed by atoms with Crippen LogP contribution < -0.4 is 5.32 Å². The highest BCUT2D eigenvalue weighted by Gasteiger charge is 2.39. The van der Waals surface area contributed by atoms with Gasteiger partial charge in [-0.1, -0.05) is 6.92 Å². The summed E-state index contributed by atoms with van der Waals surface area (Å²) in [7, 11) is 0. The lowest BCUT2D eigenvalue weighted by Crippen LogP contribution is -2.56. The van der Waals surface area contributed by atoms with Crippen LogP contribution in [0.5, 0.6) is 0 Å². The standard InChI is InChI=1S/C11H18N2O3S/c1-7-3-2-4-13(9(7)11(15)16)10(14)8-5-17-6-12-8/h7-9,12H,2-6H2,1H3,(H,15,16). The molecule has 1 amide bonds. The van der Waals surface area contributed by atoms with Crippen LogP contribution in [0, 0.1) is 5.92 Å². The fourth-order valence-corrected chi connectivity index (χ4v) is 3.50. The Labute approximate surface area is 105 Å². The van der Waals surface area contributed by atoms with Gasteiger partial charge in [-0.05, 0) is 18.8 Å². The second kappa shape index (κ2) is 5.27. The van der Waals surface area contributed by atoms with Gasteiger partial charge in [-0.15, -0.1) is 11.8 Å². The summed E-state index contributed by atoms with van der Waals surface area (Å²) in [4.78, 5) is 25.1. The molecule has 0 aliphatic carbocycles. The molecule has 0 aromatic carbocycles. The van der Waals surface area contributed by atoms with E-state index in [1.54, 1.807) is 16.7 Å². The van der Waals surface area contributed by atoms with Gasteiger partial charge in [0.1, 0.15) is 6.04 Å². The lowest BCUT2D eigenvalue weighted by Gasteiger charge is -2.38. The molecule has 3 atom stereocenters. The Morgan fingerprint density at radius 1 is 1.47 bits per heavy atom. The number of aliphatic carboxylic acids is 1. The van der Waals surface area contributed by atoms with Crippen LogP contribution in [0.25, 0.3) is 0 Å². The maximum absolute atomic E-state index is 12.2. The number of rotatable bonds is 2. The molecule has 2 fully saturated rings. The molecule has 2 saturated heterocycles. The highest BCUT2D eigenvalue weighted by Crippen LogP contribution is 2.25. The van der Waals surface area contributed by atoms with Crippen LogP contribution >= 0.6 is 11.8 Å². The predicted molar refractivity (Wildman–Crippen MR) is 65.8 cm³/mol. The van der Waals surface area contributed by atoms with Gasteiger partial charge in [0.25, 0.3) is 0 Å². The predicted octanol–water partition coefficient (Wildman–Crippen LogP) is 0.361. The van der Waals surface area contributed by atoms with Crippen LogP contribution in [0.4, 0.5) is 0 Å². The van der Waals surface area contributed by atoms with E-state index in [-0.39, 0.29) is 17.9 Å². The summed E-state index contributed by atoms with van der Waals surface area (Å²) in [5, 5.41) is 12.4. The fourth-order valence-electron chi connectivity index (χ4n) is 2.57. The van der Waals surface area contributed by atoms with Crippen LogP contribution in [0.3, 0.4) is 0 Å². The number of nitrogens with one attached hydrogen (secondary N) is 1. The zero-order valence-electron chi connectivity index (χ0n) is 9.89. The number of thioether (sulfide) groups is 1. The lowest BCUT2D eigenvalue weighted by atomic mass is 9.90. The average Bonchev–Trinajstić information content (AvgIpc) is 2.80. The van der Waals surface area contributed by atoms with E-state index < -0.39 is 12.0 Å². The first kappa shape index (κ1) is 12.7. The summed E-state index contributed by atoms with van der Waals surface area (Å²) in [5.74, 6) is 0.637. The van der Waals surface area contributed by atoms with Gasteiger partial charge in [-0.2, -0.15) is 0 Å². The molecule has 5 nitrogen and oxygen atoms in total. The van der Waals surface area contributed by atoms with Crippen LogP contribution in [-0.2, 0) is 9.59 Å². The molecule has 2 rings (SSSR count). The van der Waals surface area contributed by atoms with Crippen molar-refractivity contribution in [3.05, 3.63) is 0 Å². The zero-order valence-corrected chi connectivity index (χ0v) is 10.7. The highest BCUT2D eigenvalue weighted by atomic mass is 32.2. The van der Waals surface area contributed by atoms with Gasteiger partial charge in [-0.3, -0.25) is 10.1 Å². The second-order valence-corrected chi connectivity index (χ2v) is 5.74. The molecule has 2 heterocycles. The zero-order chi connectivity index (χ0) is 12.4. The number of nitrogens with zero attached hydrogens (tertiary/aromatic N) is 1.